The molecule has 2 N–H and O–H groups in total. The second-order valence-corrected chi connectivity index (χ2v) is 12.4. The minimum Gasteiger partial charge on any atom is -0.341 e. The summed E-state index contributed by atoms with van der Waals surface area (Å²) >= 11 is 0. The van der Waals surface area contributed by atoms with E-state index in [1.165, 1.54) is 0 Å². The van der Waals surface area contributed by atoms with E-state index < -0.39 is 18.0 Å². The molecule has 44 heavy (non-hydrogen) atoms. The smallest absolute Gasteiger partial charge is 0.275 e. The van der Waals surface area contributed by atoms with Crippen LogP contribution in [0.25, 0.3) is 21.7 Å². The van der Waals surface area contributed by atoms with E-state index in [1.54, 1.807) is 26.8 Å². The summed E-state index contributed by atoms with van der Waals surface area (Å²) in [6.45, 7) is 2.30. The van der Waals surface area contributed by atoms with Gasteiger partial charge in [0.05, 0.1) is 12.1 Å². The number of carbonyl (C=O) groups is 4. The third kappa shape index (κ3) is 5.08. The molecule has 226 valence electrons. The second-order valence-electron chi connectivity index (χ2n) is 12.4. The van der Waals surface area contributed by atoms with Gasteiger partial charge in [0, 0.05) is 36.6 Å². The zero-order valence-corrected chi connectivity index (χ0v) is 25.0. The zero-order valence-electron chi connectivity index (χ0n) is 25.0. The van der Waals surface area contributed by atoms with Crippen LogP contribution in [0.1, 0.15) is 58.5 Å². The van der Waals surface area contributed by atoms with Gasteiger partial charge in [-0.15, -0.1) is 0 Å². The Morgan fingerprint density at radius 1 is 0.955 bits per heavy atom. The Bertz CT molecular complexity index is 1790. The number of nitrogens with one attached hydrogen (secondary N) is 2. The summed E-state index contributed by atoms with van der Waals surface area (Å²) in [4.78, 5) is 60.7. The zero-order chi connectivity index (χ0) is 30.5. The Kier molecular flexibility index (Phi) is 7.07. The monoisotopic (exact) mass is 592 g/mol. The van der Waals surface area contributed by atoms with Crippen molar-refractivity contribution in [1.82, 2.24) is 30.2 Å². The van der Waals surface area contributed by atoms with E-state index in [-0.39, 0.29) is 36.3 Å². The van der Waals surface area contributed by atoms with E-state index in [2.05, 4.69) is 15.5 Å². The van der Waals surface area contributed by atoms with Crippen LogP contribution in [-0.4, -0.2) is 92.8 Å². The summed E-state index contributed by atoms with van der Waals surface area (Å²) in [5.74, 6) is -1.08. The molecule has 1 aromatic heterocycles. The van der Waals surface area contributed by atoms with Gasteiger partial charge in [-0.25, -0.2) is 0 Å². The molecule has 10 heteroatoms. The third-order valence-electron chi connectivity index (χ3n) is 9.44. The minimum absolute atomic E-state index is 0.0280. The highest BCUT2D eigenvalue weighted by Crippen LogP contribution is 2.33. The molecule has 10 nitrogen and oxygen atoms in total. The molecule has 0 bridgehead atoms. The van der Waals surface area contributed by atoms with Crippen molar-refractivity contribution < 1.29 is 19.2 Å². The lowest BCUT2D eigenvalue weighted by Gasteiger charge is -2.39. The van der Waals surface area contributed by atoms with Crippen molar-refractivity contribution in [1.29, 1.82) is 0 Å². The molecule has 1 aliphatic carbocycles. The highest BCUT2D eigenvalue weighted by molar-refractivity contribution is 6.06. The molecule has 3 heterocycles. The SMILES string of the molecule is Cc1ccc2[nH]nc(C(=O)N3CC[C@H]4CC[C@@H](C(=O)N(C)C5CC5)N4C(=O)[C@@H](NC(=O)c4ccc5ccccc5c4)C3)c2c1. The number of benzene rings is 3. The van der Waals surface area contributed by atoms with Crippen molar-refractivity contribution in [3.8, 4) is 0 Å². The molecule has 0 spiro atoms. The maximum atomic E-state index is 14.4. The van der Waals surface area contributed by atoms with Crippen LogP contribution in [0.5, 0.6) is 0 Å². The number of aryl methyl sites for hydroxylation is 1. The number of fused-ring (bicyclic) bond motifs is 3. The van der Waals surface area contributed by atoms with Crippen LogP contribution in [0.2, 0.25) is 0 Å². The molecule has 3 fully saturated rings. The van der Waals surface area contributed by atoms with E-state index >= 15 is 0 Å². The van der Waals surface area contributed by atoms with E-state index in [0.717, 1.165) is 40.1 Å². The predicted octanol–water partition coefficient (Wildman–Crippen LogP) is 3.65. The highest BCUT2D eigenvalue weighted by atomic mass is 16.2. The van der Waals surface area contributed by atoms with Crippen molar-refractivity contribution in [2.75, 3.05) is 20.1 Å². The van der Waals surface area contributed by atoms with Gasteiger partial charge in [-0.1, -0.05) is 42.0 Å². The van der Waals surface area contributed by atoms with Crippen molar-refractivity contribution in [3.05, 3.63) is 77.5 Å². The number of amides is 4. The maximum Gasteiger partial charge on any atom is 0.275 e. The van der Waals surface area contributed by atoms with Gasteiger partial charge in [-0.05, 0) is 74.1 Å². The number of rotatable bonds is 5. The highest BCUT2D eigenvalue weighted by Gasteiger charge is 2.47. The number of aromatic nitrogens is 2. The molecule has 0 radical (unpaired) electrons. The van der Waals surface area contributed by atoms with E-state index in [4.69, 9.17) is 0 Å². The fraction of sp³-hybridized carbons (Fsp3) is 0.382. The van der Waals surface area contributed by atoms with Crippen molar-refractivity contribution in [2.45, 2.75) is 63.2 Å². The molecule has 2 saturated heterocycles. The average Bonchev–Trinajstić information content (AvgIpc) is 3.67. The van der Waals surface area contributed by atoms with Crippen LogP contribution in [0.15, 0.2) is 60.7 Å². The summed E-state index contributed by atoms with van der Waals surface area (Å²) < 4.78 is 0. The normalized spacial score (nSPS) is 22.0. The fourth-order valence-corrected chi connectivity index (χ4v) is 6.80. The molecule has 3 atom stereocenters. The molecule has 3 aromatic carbocycles. The lowest BCUT2D eigenvalue weighted by molar-refractivity contribution is -0.147. The molecular formula is C34H36N6O4. The fourth-order valence-electron chi connectivity index (χ4n) is 6.80. The first kappa shape index (κ1) is 28.1. The first-order chi connectivity index (χ1) is 21.3. The van der Waals surface area contributed by atoms with Crippen LogP contribution < -0.4 is 5.32 Å². The molecule has 7 rings (SSSR count). The van der Waals surface area contributed by atoms with Gasteiger partial charge in [-0.3, -0.25) is 24.3 Å². The summed E-state index contributed by atoms with van der Waals surface area (Å²) in [6, 6.07) is 17.4. The Hall–Kier alpha value is -4.73. The Balaban J connectivity index is 1.21. The van der Waals surface area contributed by atoms with Crippen LogP contribution in [0.4, 0.5) is 0 Å². The number of likely N-dealkylation sites (N-methyl/N-ethyl adjacent to an activating group) is 1. The van der Waals surface area contributed by atoms with Gasteiger partial charge in [-0.2, -0.15) is 5.10 Å². The van der Waals surface area contributed by atoms with Crippen molar-refractivity contribution in [2.24, 2.45) is 0 Å². The van der Waals surface area contributed by atoms with E-state index in [9.17, 15) is 19.2 Å². The number of aromatic amines is 1. The summed E-state index contributed by atoms with van der Waals surface area (Å²) in [5, 5.41) is 12.9. The average molecular weight is 593 g/mol. The number of hydrogen-bond donors (Lipinski definition) is 2. The minimum atomic E-state index is -1.03. The van der Waals surface area contributed by atoms with Crippen LogP contribution >= 0.6 is 0 Å². The Morgan fingerprint density at radius 2 is 1.75 bits per heavy atom. The number of nitrogens with zero attached hydrogens (tertiary/aromatic N) is 4. The van der Waals surface area contributed by atoms with Crippen LogP contribution in [-0.2, 0) is 9.59 Å². The van der Waals surface area contributed by atoms with Gasteiger partial charge < -0.3 is 20.0 Å². The van der Waals surface area contributed by atoms with Gasteiger partial charge >= 0.3 is 0 Å². The van der Waals surface area contributed by atoms with E-state index in [1.807, 2.05) is 62.5 Å². The molecule has 2 aliphatic heterocycles. The molecule has 1 saturated carbocycles. The summed E-state index contributed by atoms with van der Waals surface area (Å²) in [7, 11) is 1.82. The maximum absolute atomic E-state index is 14.4. The standard InChI is InChI=1S/C34H36N6O4/c1-20-7-13-27-26(17-20)30(37-36-27)34(44)39-16-15-25-12-14-29(33(43)38(2)24-10-11-24)40(25)32(42)28(19-39)35-31(41)23-9-8-21-5-3-4-6-22(21)18-23/h3-9,13,17-18,24-25,28-29H,10-12,14-16,19H2,1-2H3,(H,35,41)(H,36,37)/t25-,28+,29+/m1/s1. The van der Waals surface area contributed by atoms with Crippen LogP contribution in [0, 0.1) is 6.92 Å². The number of carbonyl (C=O) groups excluding carboxylic acids is 4. The molecule has 0 unspecified atom stereocenters. The largest absolute Gasteiger partial charge is 0.341 e. The molecule has 4 amide bonds. The Morgan fingerprint density at radius 3 is 2.55 bits per heavy atom. The lowest BCUT2D eigenvalue weighted by Crippen LogP contribution is -2.61. The third-order valence-corrected chi connectivity index (χ3v) is 9.44. The van der Waals surface area contributed by atoms with Crippen molar-refractivity contribution >= 4 is 45.3 Å². The van der Waals surface area contributed by atoms with Crippen molar-refractivity contribution in [3.63, 3.8) is 0 Å². The van der Waals surface area contributed by atoms with Gasteiger partial charge in [0.2, 0.25) is 11.8 Å². The van der Waals surface area contributed by atoms with Gasteiger partial charge in [0.25, 0.3) is 11.8 Å². The van der Waals surface area contributed by atoms with Gasteiger partial charge in [0.15, 0.2) is 5.69 Å². The summed E-state index contributed by atoms with van der Waals surface area (Å²) in [6.07, 6.45) is 3.74. The predicted molar refractivity (Wildman–Crippen MR) is 166 cm³/mol. The van der Waals surface area contributed by atoms with E-state index in [0.29, 0.717) is 37.1 Å². The van der Waals surface area contributed by atoms with Crippen LogP contribution in [0.3, 0.4) is 0 Å². The molecular weight excluding hydrogens is 556 g/mol. The topological polar surface area (TPSA) is 119 Å². The molecule has 4 aromatic rings. The Labute approximate surface area is 255 Å². The second kappa shape index (κ2) is 11.1. The van der Waals surface area contributed by atoms with Gasteiger partial charge in [0.1, 0.15) is 12.1 Å². The number of hydrogen-bond acceptors (Lipinski definition) is 5. The quantitative estimate of drug-likeness (QED) is 0.367. The first-order valence-electron chi connectivity index (χ1n) is 15.4. The first-order valence-corrected chi connectivity index (χ1v) is 15.4. The molecule has 3 aliphatic rings. The lowest BCUT2D eigenvalue weighted by atomic mass is 10.0. The number of H-pyrrole nitrogens is 1. The summed E-state index contributed by atoms with van der Waals surface area (Å²) in [5.41, 5.74) is 2.47.